The maximum absolute atomic E-state index is 12.3. The van der Waals surface area contributed by atoms with Gasteiger partial charge in [-0.3, -0.25) is 4.79 Å². The molecule has 0 fully saturated rings. The van der Waals surface area contributed by atoms with Crippen LogP contribution in [0.3, 0.4) is 0 Å². The molecule has 1 amide bonds. The van der Waals surface area contributed by atoms with Gasteiger partial charge in [-0.15, -0.1) is 11.3 Å². The van der Waals surface area contributed by atoms with Crippen LogP contribution < -0.4 is 10.1 Å². The van der Waals surface area contributed by atoms with Crippen LogP contribution in [0.4, 0.5) is 5.13 Å². The van der Waals surface area contributed by atoms with Crippen LogP contribution in [0.2, 0.25) is 5.02 Å². The van der Waals surface area contributed by atoms with E-state index < -0.39 is 0 Å². The van der Waals surface area contributed by atoms with E-state index in [1.165, 1.54) is 11.3 Å². The first-order valence-corrected chi connectivity index (χ1v) is 9.82. The lowest BCUT2D eigenvalue weighted by atomic mass is 10.1. The van der Waals surface area contributed by atoms with Gasteiger partial charge in [-0.1, -0.05) is 23.7 Å². The Morgan fingerprint density at radius 2 is 1.93 bits per heavy atom. The summed E-state index contributed by atoms with van der Waals surface area (Å²) in [7, 11) is 1.66. The molecule has 1 heterocycles. The van der Waals surface area contributed by atoms with Crippen LogP contribution in [0.5, 0.6) is 5.75 Å². The summed E-state index contributed by atoms with van der Waals surface area (Å²) in [5.74, 6) is 0.804. The lowest BCUT2D eigenvalue weighted by molar-refractivity contribution is -0.116. The molecule has 1 N–H and O–H groups in total. The van der Waals surface area contributed by atoms with E-state index >= 15 is 0 Å². The number of methoxy groups -OCH3 is 1. The maximum Gasteiger partial charge on any atom is 0.226 e. The zero-order chi connectivity index (χ0) is 19.4. The Kier molecular flexibility index (Phi) is 6.14. The second-order valence-electron chi connectivity index (χ2n) is 6.28. The Balaban J connectivity index is 1.66. The highest BCUT2D eigenvalue weighted by molar-refractivity contribution is 7.16. The van der Waals surface area contributed by atoms with E-state index in [4.69, 9.17) is 16.3 Å². The van der Waals surface area contributed by atoms with Crippen molar-refractivity contribution in [3.63, 3.8) is 0 Å². The third-order valence-corrected chi connectivity index (χ3v) is 5.40. The number of carbonyl (C=O) groups excluding carboxylic acids is 1. The monoisotopic (exact) mass is 400 g/mol. The molecule has 0 radical (unpaired) electrons. The summed E-state index contributed by atoms with van der Waals surface area (Å²) < 4.78 is 5.31. The fourth-order valence-electron chi connectivity index (χ4n) is 2.83. The van der Waals surface area contributed by atoms with Crippen molar-refractivity contribution in [1.29, 1.82) is 0 Å². The van der Waals surface area contributed by atoms with Gasteiger partial charge >= 0.3 is 0 Å². The van der Waals surface area contributed by atoms with Crippen LogP contribution in [-0.2, 0) is 11.2 Å². The summed E-state index contributed by atoms with van der Waals surface area (Å²) in [6.07, 6.45) is 1.06. The predicted octanol–water partition coefficient (Wildman–Crippen LogP) is 5.66. The summed E-state index contributed by atoms with van der Waals surface area (Å²) in [4.78, 5) is 17.9. The Hall–Kier alpha value is -2.37. The number of thiazole rings is 1. The highest BCUT2D eigenvalue weighted by Crippen LogP contribution is 2.32. The Morgan fingerprint density at radius 1 is 1.19 bits per heavy atom. The zero-order valence-electron chi connectivity index (χ0n) is 15.5. The van der Waals surface area contributed by atoms with Gasteiger partial charge < -0.3 is 10.1 Å². The minimum atomic E-state index is -0.0452. The molecular weight excluding hydrogens is 380 g/mol. The number of aromatic nitrogens is 1. The van der Waals surface area contributed by atoms with Gasteiger partial charge in [0.2, 0.25) is 5.91 Å². The predicted molar refractivity (Wildman–Crippen MR) is 112 cm³/mol. The first kappa shape index (κ1) is 19.4. The van der Waals surface area contributed by atoms with Crippen molar-refractivity contribution in [3.05, 3.63) is 63.5 Å². The SMILES string of the molecule is COc1ccc(-c2nc(NC(=O)CCc3ccc(Cl)cc3)sc2C)cc1C. The van der Waals surface area contributed by atoms with Crippen LogP contribution in [0.15, 0.2) is 42.5 Å². The Bertz CT molecular complexity index is 951. The van der Waals surface area contributed by atoms with Gasteiger partial charge in [0.1, 0.15) is 5.75 Å². The largest absolute Gasteiger partial charge is 0.496 e. The van der Waals surface area contributed by atoms with Crippen molar-refractivity contribution in [2.75, 3.05) is 12.4 Å². The fraction of sp³-hybridized carbons (Fsp3) is 0.238. The second-order valence-corrected chi connectivity index (χ2v) is 7.92. The summed E-state index contributed by atoms with van der Waals surface area (Å²) in [6, 6.07) is 13.5. The van der Waals surface area contributed by atoms with Gasteiger partial charge in [-0.2, -0.15) is 0 Å². The molecule has 0 saturated carbocycles. The number of nitrogens with one attached hydrogen (secondary N) is 1. The van der Waals surface area contributed by atoms with Gasteiger partial charge in [0, 0.05) is 21.9 Å². The normalized spacial score (nSPS) is 10.7. The minimum Gasteiger partial charge on any atom is -0.496 e. The van der Waals surface area contributed by atoms with Crippen molar-refractivity contribution in [3.8, 4) is 17.0 Å². The highest BCUT2D eigenvalue weighted by atomic mass is 35.5. The Labute approximate surface area is 168 Å². The first-order valence-electron chi connectivity index (χ1n) is 8.63. The molecule has 0 atom stereocenters. The van der Waals surface area contributed by atoms with Crippen molar-refractivity contribution in [2.45, 2.75) is 26.7 Å². The van der Waals surface area contributed by atoms with Gasteiger partial charge in [-0.25, -0.2) is 4.98 Å². The number of ether oxygens (including phenoxy) is 1. The summed E-state index contributed by atoms with van der Waals surface area (Å²) >= 11 is 7.37. The molecule has 3 rings (SSSR count). The number of carbonyl (C=O) groups is 1. The molecule has 0 aliphatic carbocycles. The van der Waals surface area contributed by atoms with Gasteiger partial charge in [0.25, 0.3) is 0 Å². The van der Waals surface area contributed by atoms with Gasteiger partial charge in [-0.05, 0) is 61.7 Å². The number of nitrogens with zero attached hydrogens (tertiary/aromatic N) is 1. The van der Waals surface area contributed by atoms with E-state index in [1.807, 2.05) is 56.3 Å². The summed E-state index contributed by atoms with van der Waals surface area (Å²) in [5.41, 5.74) is 4.04. The van der Waals surface area contributed by atoms with E-state index in [-0.39, 0.29) is 5.91 Å². The number of rotatable bonds is 6. The molecule has 0 spiro atoms. The number of anilines is 1. The highest BCUT2D eigenvalue weighted by Gasteiger charge is 2.13. The maximum atomic E-state index is 12.3. The number of aryl methyl sites for hydroxylation is 3. The zero-order valence-corrected chi connectivity index (χ0v) is 17.1. The number of amides is 1. The van der Waals surface area contributed by atoms with Crippen molar-refractivity contribution >= 4 is 34.0 Å². The van der Waals surface area contributed by atoms with Crippen LogP contribution in [0, 0.1) is 13.8 Å². The van der Waals surface area contributed by atoms with Crippen molar-refractivity contribution in [1.82, 2.24) is 4.98 Å². The molecule has 1 aromatic heterocycles. The molecule has 0 bridgehead atoms. The van der Waals surface area contributed by atoms with Crippen molar-refractivity contribution in [2.24, 2.45) is 0 Å². The lowest BCUT2D eigenvalue weighted by Gasteiger charge is -2.06. The van der Waals surface area contributed by atoms with Crippen LogP contribution in [0.25, 0.3) is 11.3 Å². The van der Waals surface area contributed by atoms with Gasteiger partial charge in [0.05, 0.1) is 12.8 Å². The average molecular weight is 401 g/mol. The van der Waals surface area contributed by atoms with E-state index in [0.717, 1.165) is 33.0 Å². The molecule has 2 aromatic carbocycles. The third-order valence-electron chi connectivity index (χ3n) is 4.27. The molecule has 0 saturated heterocycles. The van der Waals surface area contributed by atoms with Crippen molar-refractivity contribution < 1.29 is 9.53 Å². The molecule has 140 valence electrons. The molecule has 0 aliphatic heterocycles. The number of hydrogen-bond acceptors (Lipinski definition) is 4. The summed E-state index contributed by atoms with van der Waals surface area (Å²) in [5, 5.41) is 4.23. The lowest BCUT2D eigenvalue weighted by Crippen LogP contribution is -2.12. The average Bonchev–Trinajstić information content (AvgIpc) is 3.01. The summed E-state index contributed by atoms with van der Waals surface area (Å²) in [6.45, 7) is 4.01. The quantitative estimate of drug-likeness (QED) is 0.580. The molecule has 0 aliphatic rings. The van der Waals surface area contributed by atoms with Crippen LogP contribution in [0.1, 0.15) is 22.4 Å². The third kappa shape index (κ3) is 4.87. The smallest absolute Gasteiger partial charge is 0.226 e. The topological polar surface area (TPSA) is 51.2 Å². The number of hydrogen-bond donors (Lipinski definition) is 1. The van der Waals surface area contributed by atoms with Gasteiger partial charge in [0.15, 0.2) is 5.13 Å². The number of benzene rings is 2. The van der Waals surface area contributed by atoms with Crippen LogP contribution in [-0.4, -0.2) is 18.0 Å². The molecular formula is C21H21ClN2O2S. The molecule has 4 nitrogen and oxygen atoms in total. The minimum absolute atomic E-state index is 0.0452. The van der Waals surface area contributed by atoms with Crippen LogP contribution >= 0.6 is 22.9 Å². The first-order chi connectivity index (χ1) is 13.0. The fourth-order valence-corrected chi connectivity index (χ4v) is 3.81. The molecule has 27 heavy (non-hydrogen) atoms. The van der Waals surface area contributed by atoms with E-state index in [0.29, 0.717) is 23.0 Å². The number of halogens is 1. The molecule has 3 aromatic rings. The van der Waals surface area contributed by atoms with E-state index in [1.54, 1.807) is 7.11 Å². The van der Waals surface area contributed by atoms with E-state index in [9.17, 15) is 4.79 Å². The molecule has 6 heteroatoms. The Morgan fingerprint density at radius 3 is 2.59 bits per heavy atom. The second kappa shape index (κ2) is 8.55. The molecule has 0 unspecified atom stereocenters. The van der Waals surface area contributed by atoms with E-state index in [2.05, 4.69) is 10.3 Å². The standard InChI is InChI=1S/C21H21ClN2O2S/c1-13-12-16(7-10-18(13)26-3)20-14(2)27-21(24-20)23-19(25)11-6-15-4-8-17(22)9-5-15/h4-5,7-10,12H,6,11H2,1-3H3,(H,23,24,25).